The molecule has 0 radical (unpaired) electrons. The van der Waals surface area contributed by atoms with Crippen LogP contribution in [0.15, 0.2) is 255 Å². The lowest BCUT2D eigenvalue weighted by atomic mass is 9.94. The van der Waals surface area contributed by atoms with Gasteiger partial charge in [-0.3, -0.25) is 0 Å². The number of para-hydroxylation sites is 1. The average molecular weight is 855 g/mol. The summed E-state index contributed by atoms with van der Waals surface area (Å²) in [5.74, 6) is 1.89. The molecule has 0 amide bonds. The third kappa shape index (κ3) is 7.67. The predicted molar refractivity (Wildman–Crippen MR) is 278 cm³/mol. The first-order valence-electron chi connectivity index (χ1n) is 22.7. The second-order valence-corrected chi connectivity index (χ2v) is 16.8. The molecule has 4 heteroatoms. The van der Waals surface area contributed by atoms with Crippen LogP contribution in [0.2, 0.25) is 0 Å². The Bertz CT molecular complexity index is 3660. The standard InChI is InChI=1S/C63H42N4/c1-5-15-43(16-6-1)45-25-27-47(28-26-45)48-37-39-55(40-38-48)67-58-24-14-13-23-56(58)60-57(50-19-9-3-10-20-50)41-54(42-59(60)67)49-31-35-53(36-32-49)63-65-61(51-21-11-4-12-22-51)64-62(66-63)52-33-29-46(30-34-52)44-17-7-2-8-18-44/h1-42H. The first-order chi connectivity index (χ1) is 33.2. The number of hydrogen-bond acceptors (Lipinski definition) is 3. The molecule has 2 aromatic heterocycles. The molecule has 0 bridgehead atoms. The van der Waals surface area contributed by atoms with Crippen molar-refractivity contribution < 1.29 is 0 Å². The van der Waals surface area contributed by atoms with Gasteiger partial charge >= 0.3 is 0 Å². The highest BCUT2D eigenvalue weighted by Gasteiger charge is 2.19. The fraction of sp³-hybridized carbons (Fsp3) is 0. The Kier molecular flexibility index (Phi) is 10.2. The van der Waals surface area contributed by atoms with Gasteiger partial charge in [0.1, 0.15) is 0 Å². The average Bonchev–Trinajstić information content (AvgIpc) is 3.76. The van der Waals surface area contributed by atoms with Crippen LogP contribution in [0.5, 0.6) is 0 Å². The third-order valence-electron chi connectivity index (χ3n) is 12.7. The molecule has 0 N–H and O–H groups in total. The normalized spacial score (nSPS) is 11.3. The van der Waals surface area contributed by atoms with E-state index >= 15 is 0 Å². The van der Waals surface area contributed by atoms with Gasteiger partial charge in [0.2, 0.25) is 0 Å². The molecule has 12 aromatic rings. The number of rotatable bonds is 9. The van der Waals surface area contributed by atoms with E-state index in [0.29, 0.717) is 17.5 Å². The topological polar surface area (TPSA) is 43.6 Å². The van der Waals surface area contributed by atoms with Crippen LogP contribution in [-0.2, 0) is 0 Å². The zero-order chi connectivity index (χ0) is 44.5. The van der Waals surface area contributed by atoms with Crippen molar-refractivity contribution in [3.63, 3.8) is 0 Å². The Balaban J connectivity index is 0.945. The molecule has 0 saturated heterocycles. The molecule has 0 aliphatic carbocycles. The maximum Gasteiger partial charge on any atom is 0.164 e. The van der Waals surface area contributed by atoms with Gasteiger partial charge in [-0.2, -0.15) is 0 Å². The van der Waals surface area contributed by atoms with E-state index in [1.807, 2.05) is 36.4 Å². The molecule has 10 aromatic carbocycles. The maximum atomic E-state index is 5.08. The second kappa shape index (κ2) is 17.2. The molecule has 0 aliphatic heterocycles. The maximum absolute atomic E-state index is 5.08. The second-order valence-electron chi connectivity index (χ2n) is 16.8. The van der Waals surface area contributed by atoms with Crippen LogP contribution in [0.1, 0.15) is 0 Å². The van der Waals surface area contributed by atoms with E-state index in [0.717, 1.165) is 50.1 Å². The molecule has 67 heavy (non-hydrogen) atoms. The van der Waals surface area contributed by atoms with Crippen molar-refractivity contribution in [1.82, 2.24) is 19.5 Å². The summed E-state index contributed by atoms with van der Waals surface area (Å²) in [6.07, 6.45) is 0. The number of fused-ring (bicyclic) bond motifs is 3. The van der Waals surface area contributed by atoms with Crippen LogP contribution in [-0.4, -0.2) is 19.5 Å². The van der Waals surface area contributed by atoms with E-state index in [1.54, 1.807) is 0 Å². The molecular weight excluding hydrogens is 813 g/mol. The Labute approximate surface area is 389 Å². The van der Waals surface area contributed by atoms with Crippen molar-refractivity contribution in [2.75, 3.05) is 0 Å². The largest absolute Gasteiger partial charge is 0.309 e. The first kappa shape index (κ1) is 39.6. The summed E-state index contributed by atoms with van der Waals surface area (Å²) in [4.78, 5) is 15.1. The van der Waals surface area contributed by atoms with Crippen LogP contribution < -0.4 is 0 Å². The fourth-order valence-electron chi connectivity index (χ4n) is 9.28. The van der Waals surface area contributed by atoms with Gasteiger partial charge in [-0.05, 0) is 86.0 Å². The van der Waals surface area contributed by atoms with Crippen molar-refractivity contribution in [3.8, 4) is 95.5 Å². The first-order valence-corrected chi connectivity index (χ1v) is 22.7. The van der Waals surface area contributed by atoms with Crippen molar-refractivity contribution >= 4 is 21.8 Å². The van der Waals surface area contributed by atoms with Crippen molar-refractivity contribution in [1.29, 1.82) is 0 Å². The summed E-state index contributed by atoms with van der Waals surface area (Å²) < 4.78 is 2.42. The Morgan fingerprint density at radius 3 is 1.03 bits per heavy atom. The molecule has 12 rings (SSSR count). The zero-order valence-corrected chi connectivity index (χ0v) is 36.5. The van der Waals surface area contributed by atoms with Crippen LogP contribution in [0.25, 0.3) is 117 Å². The summed E-state index contributed by atoms with van der Waals surface area (Å²) in [6, 6.07) is 90.2. The van der Waals surface area contributed by atoms with E-state index in [1.165, 1.54) is 49.7 Å². The minimum Gasteiger partial charge on any atom is -0.309 e. The third-order valence-corrected chi connectivity index (χ3v) is 12.7. The monoisotopic (exact) mass is 854 g/mol. The Morgan fingerprint density at radius 2 is 0.567 bits per heavy atom. The van der Waals surface area contributed by atoms with Crippen LogP contribution >= 0.6 is 0 Å². The van der Waals surface area contributed by atoms with Gasteiger partial charge in [0.25, 0.3) is 0 Å². The molecule has 0 spiro atoms. The smallest absolute Gasteiger partial charge is 0.164 e. The van der Waals surface area contributed by atoms with E-state index < -0.39 is 0 Å². The Morgan fingerprint density at radius 1 is 0.239 bits per heavy atom. The van der Waals surface area contributed by atoms with Gasteiger partial charge in [-0.1, -0.05) is 224 Å². The molecule has 0 aliphatic rings. The van der Waals surface area contributed by atoms with Crippen LogP contribution in [0.4, 0.5) is 0 Å². The molecule has 0 fully saturated rings. The molecular formula is C63H42N4. The molecule has 0 atom stereocenters. The summed E-state index contributed by atoms with van der Waals surface area (Å²) in [5, 5.41) is 2.44. The van der Waals surface area contributed by atoms with Crippen molar-refractivity contribution in [2.45, 2.75) is 0 Å². The SMILES string of the molecule is c1ccc(-c2ccc(-c3ccc(-n4c5ccccc5c5c(-c6ccccc6)cc(-c6ccc(-c7nc(-c8ccccc8)nc(-c8ccc(-c9ccccc9)cc8)n7)cc6)cc54)cc3)cc2)cc1. The molecule has 2 heterocycles. The lowest BCUT2D eigenvalue weighted by Gasteiger charge is -2.13. The van der Waals surface area contributed by atoms with Crippen molar-refractivity contribution in [3.05, 3.63) is 255 Å². The summed E-state index contributed by atoms with van der Waals surface area (Å²) in [6.45, 7) is 0. The zero-order valence-electron chi connectivity index (χ0n) is 36.5. The van der Waals surface area contributed by atoms with Crippen LogP contribution in [0.3, 0.4) is 0 Å². The molecule has 0 unspecified atom stereocenters. The number of benzene rings is 10. The Hall–Kier alpha value is -8.99. The van der Waals surface area contributed by atoms with E-state index in [2.05, 4.69) is 223 Å². The molecule has 314 valence electrons. The highest BCUT2D eigenvalue weighted by molar-refractivity contribution is 6.17. The van der Waals surface area contributed by atoms with Gasteiger partial charge in [0.15, 0.2) is 17.5 Å². The summed E-state index contributed by atoms with van der Waals surface area (Å²) in [7, 11) is 0. The quantitative estimate of drug-likeness (QED) is 0.145. The van der Waals surface area contributed by atoms with Gasteiger partial charge in [-0.15, -0.1) is 0 Å². The molecule has 4 nitrogen and oxygen atoms in total. The van der Waals surface area contributed by atoms with E-state index in [4.69, 9.17) is 15.0 Å². The number of aromatic nitrogens is 4. The predicted octanol–water partition coefficient (Wildman–Crippen LogP) is 16.3. The lowest BCUT2D eigenvalue weighted by molar-refractivity contribution is 1.07. The van der Waals surface area contributed by atoms with E-state index in [9.17, 15) is 0 Å². The van der Waals surface area contributed by atoms with Gasteiger partial charge in [-0.25, -0.2) is 15.0 Å². The lowest BCUT2D eigenvalue weighted by Crippen LogP contribution is -2.00. The summed E-state index contributed by atoms with van der Waals surface area (Å²) >= 11 is 0. The minimum absolute atomic E-state index is 0.624. The highest BCUT2D eigenvalue weighted by Crippen LogP contribution is 2.42. The van der Waals surface area contributed by atoms with Gasteiger partial charge < -0.3 is 4.57 Å². The van der Waals surface area contributed by atoms with Crippen LogP contribution in [0, 0.1) is 0 Å². The number of hydrogen-bond donors (Lipinski definition) is 0. The highest BCUT2D eigenvalue weighted by atomic mass is 15.0. The fourth-order valence-corrected chi connectivity index (χ4v) is 9.28. The van der Waals surface area contributed by atoms with Crippen molar-refractivity contribution in [2.24, 2.45) is 0 Å². The number of nitrogens with zero attached hydrogens (tertiary/aromatic N) is 4. The van der Waals surface area contributed by atoms with E-state index in [-0.39, 0.29) is 0 Å². The summed E-state index contributed by atoms with van der Waals surface area (Å²) in [5.41, 5.74) is 17.9. The minimum atomic E-state index is 0.624. The van der Waals surface area contributed by atoms with Gasteiger partial charge in [0, 0.05) is 33.2 Å². The molecule has 0 saturated carbocycles. The van der Waals surface area contributed by atoms with Gasteiger partial charge in [0.05, 0.1) is 11.0 Å².